The molecule has 0 radical (unpaired) electrons. The van der Waals surface area contributed by atoms with E-state index in [2.05, 4.69) is 9.62 Å². The molecule has 10 nitrogen and oxygen atoms in total. The van der Waals surface area contributed by atoms with Crippen LogP contribution in [-0.4, -0.2) is 78.4 Å². The Kier molecular flexibility index (Phi) is 11.4. The normalized spacial score (nSPS) is 24.7. The van der Waals surface area contributed by atoms with Gasteiger partial charge in [0, 0.05) is 37.8 Å². The van der Waals surface area contributed by atoms with Gasteiger partial charge in [-0.2, -0.15) is 0 Å². The third-order valence-corrected chi connectivity index (χ3v) is 12.5. The molecule has 5 rings (SSSR count). The number of sulfonamides is 2. The molecule has 3 aliphatic rings. The molecule has 1 amide bonds. The summed E-state index contributed by atoms with van der Waals surface area (Å²) in [5.41, 5.74) is 3.19. The van der Waals surface area contributed by atoms with Crippen LogP contribution in [0.25, 0.3) is 0 Å². The molecule has 3 atom stereocenters. The minimum atomic E-state index is -3.86. The number of ether oxygens (including phenoxy) is 2. The number of halogens is 1. The molecular weight excluding hydrogens is 650 g/mol. The lowest BCUT2D eigenvalue weighted by molar-refractivity contribution is -0.00779. The molecule has 1 fully saturated rings. The van der Waals surface area contributed by atoms with E-state index in [0.29, 0.717) is 43.3 Å². The Bertz CT molecular complexity index is 1650. The highest BCUT2D eigenvalue weighted by Crippen LogP contribution is 2.42. The van der Waals surface area contributed by atoms with E-state index in [4.69, 9.17) is 21.1 Å². The van der Waals surface area contributed by atoms with Crippen LogP contribution in [0.1, 0.15) is 60.0 Å². The van der Waals surface area contributed by atoms with Gasteiger partial charge in [0.1, 0.15) is 12.4 Å². The zero-order valence-electron chi connectivity index (χ0n) is 26.5. The maximum absolute atomic E-state index is 13.2. The van der Waals surface area contributed by atoms with Gasteiger partial charge in [0.25, 0.3) is 5.91 Å². The number of carbonyl (C=O) groups excluding carboxylic acids is 1. The first-order valence-corrected chi connectivity index (χ1v) is 19.6. The van der Waals surface area contributed by atoms with Gasteiger partial charge in [-0.15, -0.1) is 0 Å². The van der Waals surface area contributed by atoms with Crippen molar-refractivity contribution in [3.8, 4) is 5.75 Å². The highest BCUT2D eigenvalue weighted by Gasteiger charge is 2.38. The van der Waals surface area contributed by atoms with Crippen LogP contribution >= 0.6 is 11.6 Å². The average molecular weight is 694 g/mol. The van der Waals surface area contributed by atoms with Gasteiger partial charge < -0.3 is 14.4 Å². The zero-order valence-corrected chi connectivity index (χ0v) is 28.9. The van der Waals surface area contributed by atoms with Gasteiger partial charge in [0.05, 0.1) is 29.9 Å². The molecule has 2 bridgehead atoms. The van der Waals surface area contributed by atoms with E-state index < -0.39 is 26.0 Å². The summed E-state index contributed by atoms with van der Waals surface area (Å²) in [5, 5.41) is 0.686. The summed E-state index contributed by atoms with van der Waals surface area (Å²) < 4.78 is 66.5. The first kappa shape index (κ1) is 34.7. The lowest BCUT2D eigenvalue weighted by atomic mass is 9.70. The molecule has 2 heterocycles. The van der Waals surface area contributed by atoms with Crippen LogP contribution < -0.4 is 14.4 Å². The molecule has 2 aliphatic heterocycles. The van der Waals surface area contributed by atoms with E-state index in [-0.39, 0.29) is 41.6 Å². The summed E-state index contributed by atoms with van der Waals surface area (Å²) in [6.45, 7) is 1.79. The third kappa shape index (κ3) is 8.83. The Balaban J connectivity index is 1.47. The van der Waals surface area contributed by atoms with Crippen LogP contribution in [0.3, 0.4) is 0 Å². The number of amides is 1. The van der Waals surface area contributed by atoms with Crippen molar-refractivity contribution in [2.75, 3.05) is 50.2 Å². The number of hydrogen-bond acceptors (Lipinski definition) is 8. The van der Waals surface area contributed by atoms with E-state index in [1.54, 1.807) is 18.2 Å². The van der Waals surface area contributed by atoms with Gasteiger partial charge >= 0.3 is 0 Å². The van der Waals surface area contributed by atoms with E-state index in [1.807, 2.05) is 30.4 Å². The summed E-state index contributed by atoms with van der Waals surface area (Å²) >= 11 is 6.32. The second kappa shape index (κ2) is 15.1. The molecule has 0 spiro atoms. The molecule has 46 heavy (non-hydrogen) atoms. The van der Waals surface area contributed by atoms with Crippen LogP contribution in [0.4, 0.5) is 5.69 Å². The Morgan fingerprint density at radius 3 is 2.67 bits per heavy atom. The summed E-state index contributed by atoms with van der Waals surface area (Å²) in [5.74, 6) is 0.0523. The molecule has 1 saturated carbocycles. The van der Waals surface area contributed by atoms with Gasteiger partial charge in [0.15, 0.2) is 0 Å². The van der Waals surface area contributed by atoms with E-state index in [0.717, 1.165) is 48.9 Å². The Hall–Kier alpha value is -2.64. The molecule has 13 heteroatoms. The number of nitrogens with zero attached hydrogens (tertiary/aromatic N) is 2. The number of hydrogen-bond donors (Lipinski definition) is 1. The molecule has 2 aromatic rings. The third-order valence-electron chi connectivity index (χ3n) is 9.16. The minimum Gasteiger partial charge on any atom is -0.487 e. The van der Waals surface area contributed by atoms with Crippen molar-refractivity contribution >= 4 is 43.2 Å². The number of aryl methyl sites for hydroxylation is 1. The van der Waals surface area contributed by atoms with Crippen LogP contribution in [0, 0.1) is 11.8 Å². The molecule has 0 saturated heterocycles. The van der Waals surface area contributed by atoms with Crippen molar-refractivity contribution in [2.45, 2.75) is 57.7 Å². The Labute approximate surface area is 278 Å². The number of rotatable bonds is 5. The summed E-state index contributed by atoms with van der Waals surface area (Å²) in [4.78, 5) is 15.4. The fraction of sp³-hybridized carbons (Fsp3) is 0.545. The van der Waals surface area contributed by atoms with E-state index in [9.17, 15) is 21.6 Å². The van der Waals surface area contributed by atoms with Crippen LogP contribution in [-0.2, 0) is 37.8 Å². The predicted molar refractivity (Wildman–Crippen MR) is 180 cm³/mol. The van der Waals surface area contributed by atoms with Gasteiger partial charge in [-0.25, -0.2) is 25.9 Å². The number of allylic oxidation sites excluding steroid dienone is 1. The first-order chi connectivity index (χ1) is 21.9. The van der Waals surface area contributed by atoms with Gasteiger partial charge in [-0.05, 0) is 98.2 Å². The van der Waals surface area contributed by atoms with Crippen molar-refractivity contribution in [1.82, 2.24) is 9.03 Å². The number of nitrogens with one attached hydrogen (secondary N) is 1. The van der Waals surface area contributed by atoms with Crippen LogP contribution in [0.2, 0.25) is 5.02 Å². The molecule has 3 unspecified atom stereocenters. The second-order valence-electron chi connectivity index (χ2n) is 12.5. The fourth-order valence-corrected chi connectivity index (χ4v) is 8.20. The molecule has 0 aromatic heterocycles. The molecular formula is C33H44ClN3O7S2. The Morgan fingerprint density at radius 2 is 1.91 bits per heavy atom. The van der Waals surface area contributed by atoms with E-state index >= 15 is 0 Å². The predicted octanol–water partition coefficient (Wildman–Crippen LogP) is 4.77. The van der Waals surface area contributed by atoms with Crippen molar-refractivity contribution < 1.29 is 31.1 Å². The van der Waals surface area contributed by atoms with Crippen LogP contribution in [0.15, 0.2) is 48.6 Å². The lowest BCUT2D eigenvalue weighted by Crippen LogP contribution is -2.44. The number of fused-ring (bicyclic) bond motifs is 3. The second-order valence-corrected chi connectivity index (χ2v) is 17.1. The largest absolute Gasteiger partial charge is 0.487 e. The van der Waals surface area contributed by atoms with Crippen molar-refractivity contribution in [3.05, 3.63) is 70.3 Å². The summed E-state index contributed by atoms with van der Waals surface area (Å²) in [6, 6.07) is 10.9. The van der Waals surface area contributed by atoms with Gasteiger partial charge in [-0.3, -0.25) is 4.79 Å². The molecule has 1 aliphatic carbocycles. The highest BCUT2D eigenvalue weighted by molar-refractivity contribution is 7.90. The zero-order chi connectivity index (χ0) is 32.9. The van der Waals surface area contributed by atoms with Crippen molar-refractivity contribution in [1.29, 1.82) is 0 Å². The van der Waals surface area contributed by atoms with Crippen LogP contribution in [0.5, 0.6) is 5.75 Å². The maximum atomic E-state index is 13.2. The monoisotopic (exact) mass is 693 g/mol. The van der Waals surface area contributed by atoms with Gasteiger partial charge in [-0.1, -0.05) is 29.8 Å². The average Bonchev–Trinajstić information content (AvgIpc) is 3.01. The quantitative estimate of drug-likeness (QED) is 0.445. The number of carbonyl (C=O) groups is 1. The van der Waals surface area contributed by atoms with E-state index in [1.165, 1.54) is 18.4 Å². The standard InChI is InChI=1S/C33H44ClN3O7S2/c1-36(2)46(41,42)19-17-43-31-9-4-3-7-18-45(39,40)35-33(38)25-12-15-32-30(21-25)37(22-26-11-14-29(26)31)16-6-5-8-24-20-28(34)13-10-27(24)23-44-32/h4,9-10,12-13,15,20-21,26,29,31H,3,5-8,11,14,16-19,22-23H2,1-2H3,(H,35,38)/b9-4+. The maximum Gasteiger partial charge on any atom is 0.264 e. The van der Waals surface area contributed by atoms with Gasteiger partial charge in [0.2, 0.25) is 20.0 Å². The molecule has 1 N–H and O–H groups in total. The lowest BCUT2D eigenvalue weighted by Gasteiger charge is -2.44. The molecule has 252 valence electrons. The fourth-order valence-electron chi connectivity index (χ4n) is 6.28. The Morgan fingerprint density at radius 1 is 1.09 bits per heavy atom. The summed E-state index contributed by atoms with van der Waals surface area (Å²) in [7, 11) is -4.25. The minimum absolute atomic E-state index is 0.0630. The summed E-state index contributed by atoms with van der Waals surface area (Å²) in [6.07, 6.45) is 8.98. The SMILES string of the molecule is CN(C)S(=O)(=O)CCOC1/C=C/CCCS(=O)(=O)NC(=O)c2ccc3c(c2)N(CCCCc2cc(Cl)ccc2CO3)CC2CCC21. The first-order valence-electron chi connectivity index (χ1n) is 15.9. The van der Waals surface area contributed by atoms with Crippen molar-refractivity contribution in [2.24, 2.45) is 11.8 Å². The highest BCUT2D eigenvalue weighted by atomic mass is 35.5. The number of anilines is 1. The topological polar surface area (TPSA) is 122 Å². The van der Waals surface area contributed by atoms with Crippen molar-refractivity contribution in [3.63, 3.8) is 0 Å². The smallest absolute Gasteiger partial charge is 0.264 e. The number of benzene rings is 2. The molecule has 2 aromatic carbocycles.